The van der Waals surface area contributed by atoms with Gasteiger partial charge >= 0.3 is 0 Å². The molecule has 1 aliphatic carbocycles. The zero-order chi connectivity index (χ0) is 33.4. The Labute approximate surface area is 273 Å². The first-order valence-electron chi connectivity index (χ1n) is 16.5. The molecule has 12 nitrogen and oxygen atoms in total. The van der Waals surface area contributed by atoms with Crippen LogP contribution in [0.4, 0.5) is 5.69 Å². The Morgan fingerprint density at radius 1 is 1.15 bits per heavy atom. The number of carbonyl (C=O) groups is 2. The minimum absolute atomic E-state index is 0.0405. The zero-order valence-corrected chi connectivity index (χ0v) is 28.7. The van der Waals surface area contributed by atoms with Crippen molar-refractivity contribution in [1.82, 2.24) is 18.8 Å². The molecule has 46 heavy (non-hydrogen) atoms. The van der Waals surface area contributed by atoms with Crippen molar-refractivity contribution in [2.45, 2.75) is 95.4 Å². The second kappa shape index (κ2) is 16.2. The second-order valence-corrected chi connectivity index (χ2v) is 15.0. The van der Waals surface area contributed by atoms with Gasteiger partial charge in [-0.1, -0.05) is 26.2 Å². The van der Waals surface area contributed by atoms with Gasteiger partial charge in [0.2, 0.25) is 5.91 Å². The number of hydrogen-bond donors (Lipinski definition) is 2. The van der Waals surface area contributed by atoms with E-state index in [9.17, 15) is 23.1 Å². The summed E-state index contributed by atoms with van der Waals surface area (Å²) in [6.45, 7) is 6.03. The number of carbonyl (C=O) groups excluding carboxylic acids is 2. The maximum atomic E-state index is 14.3. The van der Waals surface area contributed by atoms with Gasteiger partial charge in [0, 0.05) is 57.5 Å². The van der Waals surface area contributed by atoms with Crippen LogP contribution in [-0.4, -0.2) is 95.7 Å². The van der Waals surface area contributed by atoms with Crippen LogP contribution in [-0.2, 0) is 26.6 Å². The van der Waals surface area contributed by atoms with Gasteiger partial charge in [-0.3, -0.25) is 9.59 Å². The lowest BCUT2D eigenvalue weighted by Gasteiger charge is -2.35. The van der Waals surface area contributed by atoms with E-state index in [4.69, 9.17) is 9.47 Å². The number of aliphatic hydroxyl groups is 1. The molecule has 1 fully saturated rings. The number of aliphatic hydroxyl groups excluding tert-OH is 1. The van der Waals surface area contributed by atoms with Crippen LogP contribution in [0.1, 0.15) is 82.5 Å². The Hall–Kier alpha value is -3.00. The van der Waals surface area contributed by atoms with E-state index in [0.717, 1.165) is 51.4 Å². The lowest BCUT2D eigenvalue weighted by Crippen LogP contribution is -2.48. The molecule has 2 heterocycles. The number of imidazole rings is 1. The quantitative estimate of drug-likeness (QED) is 0.432. The monoisotopic (exact) mass is 661 g/mol. The zero-order valence-electron chi connectivity index (χ0n) is 27.9. The van der Waals surface area contributed by atoms with Gasteiger partial charge in [0.25, 0.3) is 15.9 Å². The number of ether oxygens (including phenoxy) is 2. The Morgan fingerprint density at radius 2 is 1.87 bits per heavy atom. The van der Waals surface area contributed by atoms with Crippen LogP contribution >= 0.6 is 0 Å². The van der Waals surface area contributed by atoms with Gasteiger partial charge in [-0.2, -0.15) is 4.31 Å². The molecule has 1 aliphatic heterocycles. The van der Waals surface area contributed by atoms with E-state index in [0.29, 0.717) is 23.6 Å². The number of likely N-dealkylation sites (N-methyl/N-ethyl adjacent to an activating group) is 1. The van der Waals surface area contributed by atoms with Crippen molar-refractivity contribution in [1.29, 1.82) is 0 Å². The Balaban J connectivity index is 1.63. The Bertz CT molecular complexity index is 1430. The predicted molar refractivity (Wildman–Crippen MR) is 175 cm³/mol. The molecule has 1 aromatic carbocycles. The average molecular weight is 662 g/mol. The molecule has 256 valence electrons. The highest BCUT2D eigenvalue weighted by Crippen LogP contribution is 2.30. The van der Waals surface area contributed by atoms with Gasteiger partial charge in [-0.25, -0.2) is 13.4 Å². The summed E-state index contributed by atoms with van der Waals surface area (Å²) in [6.07, 6.45) is 9.40. The van der Waals surface area contributed by atoms with Crippen molar-refractivity contribution in [2.24, 2.45) is 18.9 Å². The molecule has 2 amide bonds. The maximum Gasteiger partial charge on any atom is 0.261 e. The van der Waals surface area contributed by atoms with E-state index in [1.54, 1.807) is 41.6 Å². The molecule has 4 rings (SSSR count). The molecule has 0 unspecified atom stereocenters. The fraction of sp³-hybridized carbons (Fsp3) is 0.667. The van der Waals surface area contributed by atoms with E-state index in [2.05, 4.69) is 10.3 Å². The summed E-state index contributed by atoms with van der Waals surface area (Å²) < 4.78 is 42.0. The Kier molecular flexibility index (Phi) is 12.6. The summed E-state index contributed by atoms with van der Waals surface area (Å²) in [7, 11) is -0.656. The van der Waals surface area contributed by atoms with Crippen molar-refractivity contribution in [3.05, 3.63) is 36.3 Å². The van der Waals surface area contributed by atoms with Gasteiger partial charge in [-0.05, 0) is 64.2 Å². The number of nitrogens with one attached hydrogen (secondary N) is 1. The van der Waals surface area contributed by atoms with Gasteiger partial charge in [0.1, 0.15) is 5.75 Å². The lowest BCUT2D eigenvalue weighted by molar-refractivity contribution is -0.120. The van der Waals surface area contributed by atoms with Crippen LogP contribution in [0.5, 0.6) is 5.75 Å². The summed E-state index contributed by atoms with van der Waals surface area (Å²) in [5.74, 6) is -0.324. The highest BCUT2D eigenvalue weighted by Gasteiger charge is 2.33. The van der Waals surface area contributed by atoms with Gasteiger partial charge in [0.15, 0.2) is 5.03 Å². The first kappa shape index (κ1) is 35.8. The number of hydrogen-bond acceptors (Lipinski definition) is 8. The molecule has 2 aliphatic rings. The summed E-state index contributed by atoms with van der Waals surface area (Å²) in [5, 5.41) is 13.2. The van der Waals surface area contributed by atoms with Crippen LogP contribution < -0.4 is 10.1 Å². The second-order valence-electron chi connectivity index (χ2n) is 13.0. The molecular weight excluding hydrogens is 610 g/mol. The third kappa shape index (κ3) is 9.08. The minimum atomic E-state index is -3.87. The smallest absolute Gasteiger partial charge is 0.261 e. The normalized spacial score (nSPS) is 23.3. The topological polar surface area (TPSA) is 143 Å². The number of rotatable bonds is 8. The molecule has 13 heteroatoms. The van der Waals surface area contributed by atoms with E-state index in [-0.39, 0.29) is 54.5 Å². The van der Waals surface area contributed by atoms with Crippen LogP contribution in [0.25, 0.3) is 0 Å². The van der Waals surface area contributed by atoms with Crippen LogP contribution in [0.2, 0.25) is 0 Å². The highest BCUT2D eigenvalue weighted by molar-refractivity contribution is 7.89. The molecule has 1 aromatic heterocycles. The van der Waals surface area contributed by atoms with Crippen molar-refractivity contribution in [3.63, 3.8) is 0 Å². The number of aryl methyl sites for hydroxylation is 1. The molecule has 0 bridgehead atoms. The molecule has 2 N–H and O–H groups in total. The summed E-state index contributed by atoms with van der Waals surface area (Å²) in [5.41, 5.74) is 0.817. The fourth-order valence-corrected chi connectivity index (χ4v) is 7.25. The van der Waals surface area contributed by atoms with Crippen molar-refractivity contribution >= 4 is 27.5 Å². The predicted octanol–water partition coefficient (Wildman–Crippen LogP) is 4.06. The van der Waals surface area contributed by atoms with Crippen LogP contribution in [0.3, 0.4) is 0 Å². The van der Waals surface area contributed by atoms with E-state index < -0.39 is 22.2 Å². The molecule has 0 saturated heterocycles. The van der Waals surface area contributed by atoms with Gasteiger partial charge in [-0.15, -0.1) is 0 Å². The number of benzene rings is 1. The Morgan fingerprint density at radius 3 is 2.54 bits per heavy atom. The number of sulfonamides is 1. The molecular formula is C33H51N5O7S. The lowest BCUT2D eigenvalue weighted by atomic mass is 9.88. The maximum absolute atomic E-state index is 14.3. The van der Waals surface area contributed by atoms with E-state index in [1.165, 1.54) is 23.9 Å². The first-order valence-corrected chi connectivity index (χ1v) is 17.9. The number of aromatic nitrogens is 2. The van der Waals surface area contributed by atoms with Crippen molar-refractivity contribution < 1.29 is 32.6 Å². The van der Waals surface area contributed by atoms with E-state index >= 15 is 0 Å². The molecule has 2 aromatic rings. The molecule has 0 radical (unpaired) electrons. The summed E-state index contributed by atoms with van der Waals surface area (Å²) in [4.78, 5) is 33.0. The summed E-state index contributed by atoms with van der Waals surface area (Å²) >= 11 is 0. The number of amides is 2. The number of nitrogens with zero attached hydrogens (tertiary/aromatic N) is 4. The molecule has 1 saturated carbocycles. The first-order chi connectivity index (χ1) is 21.9. The fourth-order valence-electron chi connectivity index (χ4n) is 6.11. The third-order valence-electron chi connectivity index (χ3n) is 9.09. The van der Waals surface area contributed by atoms with Crippen LogP contribution in [0, 0.1) is 11.8 Å². The standard InChI is InChI=1S/C33H51N5O7S/c1-23-18-38(24(2)21-39)33(41)28-17-27(35-32(40)26-12-7-6-8-13-26)14-15-29(28)45-25(3)11-9-10-16-44-30(23)19-37(5)46(42,43)31-20-36(4)22-34-31/h14-15,17,20,22-26,30,39H,6-13,16,18-19,21H2,1-5H3,(H,35,40)/t23-,24+,25+,30+/m0/s1. The SMILES string of the molecule is C[C@@H]1CCCCO[C@H](CN(C)S(=O)(=O)c2cn(C)cn2)[C@@H](C)CN([C@H](C)CO)C(=O)c2cc(NC(=O)C3CCCCC3)ccc2O1. The van der Waals surface area contributed by atoms with Crippen molar-refractivity contribution in [3.8, 4) is 5.75 Å². The number of anilines is 1. The highest BCUT2D eigenvalue weighted by atomic mass is 32.2. The van der Waals surface area contributed by atoms with Crippen LogP contribution in [0.15, 0.2) is 35.7 Å². The van der Waals surface area contributed by atoms with Gasteiger partial charge < -0.3 is 29.4 Å². The average Bonchev–Trinajstić information content (AvgIpc) is 3.49. The summed E-state index contributed by atoms with van der Waals surface area (Å²) in [6, 6.07) is 4.62. The third-order valence-corrected chi connectivity index (χ3v) is 10.8. The van der Waals surface area contributed by atoms with E-state index in [1.807, 2.05) is 13.8 Å². The molecule has 4 atom stereocenters. The van der Waals surface area contributed by atoms with Gasteiger partial charge in [0.05, 0.1) is 36.7 Å². The molecule has 0 spiro atoms. The minimum Gasteiger partial charge on any atom is -0.490 e. The van der Waals surface area contributed by atoms with Crippen molar-refractivity contribution in [2.75, 3.05) is 38.7 Å². The number of fused-ring (bicyclic) bond motifs is 1. The largest absolute Gasteiger partial charge is 0.490 e.